The molecule has 0 spiro atoms. The van der Waals surface area contributed by atoms with Gasteiger partial charge in [0, 0.05) is 37.6 Å². The topological polar surface area (TPSA) is 35.6 Å². The third-order valence-electron chi connectivity index (χ3n) is 5.20. The summed E-state index contributed by atoms with van der Waals surface area (Å²) < 4.78 is 0. The third-order valence-corrected chi connectivity index (χ3v) is 5.20. The van der Waals surface area contributed by atoms with Gasteiger partial charge in [-0.1, -0.05) is 60.7 Å². The van der Waals surface area contributed by atoms with Crippen LogP contribution in [-0.4, -0.2) is 38.0 Å². The summed E-state index contributed by atoms with van der Waals surface area (Å²) in [5, 5.41) is 3.11. The molecular formula is C25H29N3O. The third kappa shape index (κ3) is 5.24. The molecule has 3 rings (SSSR count). The maximum atomic E-state index is 12.9. The van der Waals surface area contributed by atoms with Crippen LogP contribution in [0.2, 0.25) is 0 Å². The summed E-state index contributed by atoms with van der Waals surface area (Å²) in [7, 11) is 6.04. The summed E-state index contributed by atoms with van der Waals surface area (Å²) in [6.07, 6.45) is 0. The van der Waals surface area contributed by atoms with E-state index in [1.54, 1.807) is 0 Å². The predicted molar refractivity (Wildman–Crippen MR) is 122 cm³/mol. The number of nitrogens with zero attached hydrogens (tertiary/aromatic N) is 2. The normalized spacial score (nSPS) is 11.9. The van der Waals surface area contributed by atoms with Crippen LogP contribution in [0.15, 0.2) is 78.9 Å². The minimum atomic E-state index is -0.257. The average molecular weight is 388 g/mol. The highest BCUT2D eigenvalue weighted by molar-refractivity contribution is 5.98. The van der Waals surface area contributed by atoms with Gasteiger partial charge in [0.05, 0.1) is 6.04 Å². The number of carbonyl (C=O) groups is 1. The van der Waals surface area contributed by atoms with Crippen molar-refractivity contribution in [2.45, 2.75) is 19.5 Å². The summed E-state index contributed by atoms with van der Waals surface area (Å²) in [6, 6.07) is 26.2. The smallest absolute Gasteiger partial charge is 0.241 e. The van der Waals surface area contributed by atoms with Crippen molar-refractivity contribution >= 4 is 17.3 Å². The van der Waals surface area contributed by atoms with E-state index in [-0.39, 0.29) is 11.9 Å². The molecule has 1 unspecified atom stereocenters. The van der Waals surface area contributed by atoms with Crippen LogP contribution in [-0.2, 0) is 11.3 Å². The largest absolute Gasteiger partial charge is 0.378 e. The summed E-state index contributed by atoms with van der Waals surface area (Å²) in [5.74, 6) is -0.0132. The Morgan fingerprint density at radius 3 is 2.14 bits per heavy atom. The molecule has 0 aliphatic carbocycles. The number of rotatable bonds is 7. The van der Waals surface area contributed by atoms with Gasteiger partial charge in [0.25, 0.3) is 0 Å². The lowest BCUT2D eigenvalue weighted by Gasteiger charge is -2.25. The molecule has 0 aliphatic rings. The van der Waals surface area contributed by atoms with Crippen molar-refractivity contribution in [3.05, 3.63) is 84.4 Å². The lowest BCUT2D eigenvalue weighted by atomic mass is 10.0. The van der Waals surface area contributed by atoms with E-state index in [0.29, 0.717) is 6.54 Å². The molecule has 29 heavy (non-hydrogen) atoms. The average Bonchev–Trinajstić information content (AvgIpc) is 2.74. The number of likely N-dealkylation sites (N-methyl/N-ethyl adjacent to an activating group) is 1. The van der Waals surface area contributed by atoms with Gasteiger partial charge in [-0.15, -0.1) is 0 Å². The fraction of sp³-hybridized carbons (Fsp3) is 0.240. The van der Waals surface area contributed by atoms with Gasteiger partial charge in [0.15, 0.2) is 0 Å². The van der Waals surface area contributed by atoms with E-state index >= 15 is 0 Å². The van der Waals surface area contributed by atoms with E-state index in [4.69, 9.17) is 0 Å². The minimum Gasteiger partial charge on any atom is -0.378 e. The SMILES string of the molecule is CC(C(=O)Nc1ccccc1-c1ccccc1)N(C)Cc1ccc(N(C)C)cc1. The van der Waals surface area contributed by atoms with Crippen molar-refractivity contribution in [1.29, 1.82) is 0 Å². The molecule has 1 N–H and O–H groups in total. The Hall–Kier alpha value is -3.11. The molecule has 4 nitrogen and oxygen atoms in total. The van der Waals surface area contributed by atoms with Gasteiger partial charge in [0.1, 0.15) is 0 Å². The highest BCUT2D eigenvalue weighted by atomic mass is 16.2. The lowest BCUT2D eigenvalue weighted by molar-refractivity contribution is -0.120. The zero-order valence-corrected chi connectivity index (χ0v) is 17.6. The maximum absolute atomic E-state index is 12.9. The molecule has 0 fully saturated rings. The Bertz CT molecular complexity index is 936. The summed E-state index contributed by atoms with van der Waals surface area (Å²) >= 11 is 0. The molecule has 3 aromatic carbocycles. The van der Waals surface area contributed by atoms with E-state index in [1.807, 2.05) is 70.5 Å². The first kappa shape index (κ1) is 20.6. The highest BCUT2D eigenvalue weighted by Crippen LogP contribution is 2.27. The van der Waals surface area contributed by atoms with Gasteiger partial charge in [-0.2, -0.15) is 0 Å². The van der Waals surface area contributed by atoms with Crippen molar-refractivity contribution in [3.63, 3.8) is 0 Å². The number of nitrogens with one attached hydrogen (secondary N) is 1. The quantitative estimate of drug-likeness (QED) is 0.628. The predicted octanol–water partition coefficient (Wildman–Crippen LogP) is 4.88. The van der Waals surface area contributed by atoms with Crippen molar-refractivity contribution in [1.82, 2.24) is 4.90 Å². The van der Waals surface area contributed by atoms with Gasteiger partial charge >= 0.3 is 0 Å². The van der Waals surface area contributed by atoms with E-state index in [9.17, 15) is 4.79 Å². The van der Waals surface area contributed by atoms with Crippen LogP contribution in [0.3, 0.4) is 0 Å². The van der Waals surface area contributed by atoms with Crippen molar-refractivity contribution in [3.8, 4) is 11.1 Å². The first-order chi connectivity index (χ1) is 14.0. The van der Waals surface area contributed by atoms with Crippen LogP contribution >= 0.6 is 0 Å². The Kier molecular flexibility index (Phi) is 6.68. The first-order valence-corrected chi connectivity index (χ1v) is 9.87. The van der Waals surface area contributed by atoms with Crippen molar-refractivity contribution in [2.24, 2.45) is 0 Å². The monoisotopic (exact) mass is 387 g/mol. The second kappa shape index (κ2) is 9.39. The Morgan fingerprint density at radius 2 is 1.48 bits per heavy atom. The molecule has 0 heterocycles. The van der Waals surface area contributed by atoms with Gasteiger partial charge in [-0.3, -0.25) is 9.69 Å². The second-order valence-corrected chi connectivity index (χ2v) is 7.55. The number of hydrogen-bond acceptors (Lipinski definition) is 3. The molecule has 1 atom stereocenters. The Morgan fingerprint density at radius 1 is 0.862 bits per heavy atom. The van der Waals surface area contributed by atoms with Gasteiger partial charge in [-0.05, 0) is 43.3 Å². The van der Waals surface area contributed by atoms with Gasteiger partial charge in [-0.25, -0.2) is 0 Å². The maximum Gasteiger partial charge on any atom is 0.241 e. The minimum absolute atomic E-state index is 0.0132. The van der Waals surface area contributed by atoms with Crippen LogP contribution in [0.5, 0.6) is 0 Å². The van der Waals surface area contributed by atoms with Crippen LogP contribution in [0.1, 0.15) is 12.5 Å². The fourth-order valence-corrected chi connectivity index (χ4v) is 3.22. The molecule has 0 aromatic heterocycles. The van der Waals surface area contributed by atoms with E-state index in [1.165, 1.54) is 11.3 Å². The molecule has 0 bridgehead atoms. The van der Waals surface area contributed by atoms with Crippen LogP contribution < -0.4 is 10.2 Å². The van der Waals surface area contributed by atoms with Crippen molar-refractivity contribution in [2.75, 3.05) is 31.4 Å². The van der Waals surface area contributed by atoms with E-state index in [2.05, 4.69) is 51.5 Å². The van der Waals surface area contributed by atoms with Gasteiger partial charge in [0.2, 0.25) is 5.91 Å². The number of benzene rings is 3. The first-order valence-electron chi connectivity index (χ1n) is 9.87. The van der Waals surface area contributed by atoms with E-state index in [0.717, 1.165) is 16.8 Å². The number of para-hydroxylation sites is 1. The fourth-order valence-electron chi connectivity index (χ4n) is 3.22. The van der Waals surface area contributed by atoms with Crippen molar-refractivity contribution < 1.29 is 4.79 Å². The van der Waals surface area contributed by atoms with Crippen LogP contribution in [0.25, 0.3) is 11.1 Å². The number of anilines is 2. The summed E-state index contributed by atoms with van der Waals surface area (Å²) in [6.45, 7) is 2.65. The Labute approximate surface area is 173 Å². The van der Waals surface area contributed by atoms with Crippen LogP contribution in [0.4, 0.5) is 11.4 Å². The number of carbonyl (C=O) groups excluding carboxylic acids is 1. The van der Waals surface area contributed by atoms with E-state index < -0.39 is 0 Å². The van der Waals surface area contributed by atoms with Crippen LogP contribution in [0, 0.1) is 0 Å². The number of amides is 1. The highest BCUT2D eigenvalue weighted by Gasteiger charge is 2.19. The molecule has 4 heteroatoms. The molecule has 0 saturated heterocycles. The second-order valence-electron chi connectivity index (χ2n) is 7.55. The Balaban J connectivity index is 1.68. The lowest BCUT2D eigenvalue weighted by Crippen LogP contribution is -2.39. The summed E-state index contributed by atoms with van der Waals surface area (Å²) in [5.41, 5.74) is 5.29. The molecule has 0 radical (unpaired) electrons. The van der Waals surface area contributed by atoms with Gasteiger partial charge < -0.3 is 10.2 Å². The standard InChI is InChI=1S/C25H29N3O/c1-19(28(4)18-20-14-16-22(17-15-20)27(2)3)25(29)26-24-13-9-8-12-23(24)21-10-6-5-7-11-21/h5-17,19H,18H2,1-4H3,(H,26,29). The zero-order chi connectivity index (χ0) is 20.8. The molecule has 0 aliphatic heterocycles. The molecule has 0 saturated carbocycles. The zero-order valence-electron chi connectivity index (χ0n) is 17.6. The molecule has 3 aromatic rings. The summed E-state index contributed by atoms with van der Waals surface area (Å²) in [4.78, 5) is 17.0. The molecular weight excluding hydrogens is 358 g/mol. The molecule has 1 amide bonds. The number of hydrogen-bond donors (Lipinski definition) is 1. The molecule has 150 valence electrons.